The van der Waals surface area contributed by atoms with Crippen LogP contribution in [0.4, 0.5) is 0 Å². The minimum absolute atomic E-state index is 0.319. The number of guanidine groups is 1. The Balaban J connectivity index is 2.28. The molecule has 1 amide bonds. The summed E-state index contributed by atoms with van der Waals surface area (Å²) in [6.45, 7) is 10.5. The first kappa shape index (κ1) is 19.7. The molecule has 0 spiro atoms. The van der Waals surface area contributed by atoms with Crippen molar-refractivity contribution in [3.05, 3.63) is 0 Å². The molecule has 6 heteroatoms. The van der Waals surface area contributed by atoms with E-state index in [4.69, 9.17) is 0 Å². The van der Waals surface area contributed by atoms with Crippen molar-refractivity contribution in [2.24, 2.45) is 4.99 Å². The van der Waals surface area contributed by atoms with Crippen LogP contribution in [0.15, 0.2) is 4.99 Å². The number of nitrogens with zero attached hydrogens (tertiary/aromatic N) is 3. The van der Waals surface area contributed by atoms with Crippen molar-refractivity contribution < 1.29 is 4.79 Å². The average Bonchev–Trinajstić information content (AvgIpc) is 2.75. The molecule has 0 atom stereocenters. The van der Waals surface area contributed by atoms with Gasteiger partial charge in [0, 0.05) is 45.7 Å². The van der Waals surface area contributed by atoms with E-state index < -0.39 is 0 Å². The largest absolute Gasteiger partial charge is 0.357 e. The van der Waals surface area contributed by atoms with Crippen LogP contribution in [0.5, 0.6) is 0 Å². The zero-order chi connectivity index (χ0) is 16.9. The Morgan fingerprint density at radius 2 is 2.09 bits per heavy atom. The van der Waals surface area contributed by atoms with E-state index in [1.807, 2.05) is 4.90 Å². The van der Waals surface area contributed by atoms with Crippen molar-refractivity contribution in [3.8, 4) is 0 Å². The lowest BCUT2D eigenvalue weighted by molar-refractivity contribution is -0.130. The van der Waals surface area contributed by atoms with Gasteiger partial charge in [-0.3, -0.25) is 9.79 Å². The molecule has 6 nitrogen and oxygen atoms in total. The fourth-order valence-corrected chi connectivity index (χ4v) is 2.59. The monoisotopic (exact) mass is 325 g/mol. The Bertz CT molecular complexity index is 359. The third-order valence-corrected chi connectivity index (χ3v) is 4.20. The van der Waals surface area contributed by atoms with Crippen molar-refractivity contribution in [3.63, 3.8) is 0 Å². The van der Waals surface area contributed by atoms with E-state index in [0.717, 1.165) is 77.5 Å². The Morgan fingerprint density at radius 3 is 2.83 bits per heavy atom. The number of aliphatic imine (C=N–C) groups is 1. The maximum Gasteiger partial charge on any atom is 0.222 e. The molecule has 0 saturated carbocycles. The molecule has 0 aromatic rings. The van der Waals surface area contributed by atoms with Gasteiger partial charge in [-0.15, -0.1) is 0 Å². The lowest BCUT2D eigenvalue weighted by atomic mass is 10.2. The fourth-order valence-electron chi connectivity index (χ4n) is 2.59. The maximum absolute atomic E-state index is 11.9. The molecule has 0 aromatic heterocycles. The Morgan fingerprint density at radius 1 is 1.26 bits per heavy atom. The number of nitrogens with one attached hydrogen (secondary N) is 2. The number of hydrogen-bond acceptors (Lipinski definition) is 3. The number of carbonyl (C=O) groups is 1. The van der Waals surface area contributed by atoms with Gasteiger partial charge in [0.2, 0.25) is 5.91 Å². The predicted molar refractivity (Wildman–Crippen MR) is 96.8 cm³/mol. The molecule has 134 valence electrons. The van der Waals surface area contributed by atoms with Gasteiger partial charge in [0.15, 0.2) is 5.96 Å². The van der Waals surface area contributed by atoms with Gasteiger partial charge in [-0.1, -0.05) is 13.3 Å². The number of carbonyl (C=O) groups excluding carboxylic acids is 1. The summed E-state index contributed by atoms with van der Waals surface area (Å²) in [4.78, 5) is 20.8. The summed E-state index contributed by atoms with van der Waals surface area (Å²) in [5, 5.41) is 6.63. The van der Waals surface area contributed by atoms with Crippen molar-refractivity contribution >= 4 is 11.9 Å². The second-order valence-corrected chi connectivity index (χ2v) is 6.13. The van der Waals surface area contributed by atoms with Crippen LogP contribution in [-0.4, -0.2) is 74.5 Å². The summed E-state index contributed by atoms with van der Waals surface area (Å²) < 4.78 is 0. The van der Waals surface area contributed by atoms with Crippen molar-refractivity contribution in [2.45, 2.75) is 46.0 Å². The second-order valence-electron chi connectivity index (χ2n) is 6.13. The minimum Gasteiger partial charge on any atom is -0.357 e. The number of amides is 1. The van der Waals surface area contributed by atoms with Crippen molar-refractivity contribution in [2.75, 3.05) is 52.9 Å². The van der Waals surface area contributed by atoms with Gasteiger partial charge in [-0.05, 0) is 39.8 Å². The van der Waals surface area contributed by atoms with E-state index >= 15 is 0 Å². The topological polar surface area (TPSA) is 60.0 Å². The second kappa shape index (κ2) is 12.2. The summed E-state index contributed by atoms with van der Waals surface area (Å²) in [5.41, 5.74) is 0. The smallest absolute Gasteiger partial charge is 0.222 e. The van der Waals surface area contributed by atoms with Crippen molar-refractivity contribution in [1.29, 1.82) is 0 Å². The van der Waals surface area contributed by atoms with Gasteiger partial charge in [0.1, 0.15) is 0 Å². The van der Waals surface area contributed by atoms with Crippen LogP contribution < -0.4 is 10.6 Å². The number of likely N-dealkylation sites (N-methyl/N-ethyl adjacent to an activating group) is 1. The molecule has 23 heavy (non-hydrogen) atoms. The summed E-state index contributed by atoms with van der Waals surface area (Å²) in [5.74, 6) is 1.19. The van der Waals surface area contributed by atoms with Crippen LogP contribution in [0, 0.1) is 0 Å². The van der Waals surface area contributed by atoms with Crippen LogP contribution in [0.3, 0.4) is 0 Å². The first-order valence-corrected chi connectivity index (χ1v) is 9.15. The fraction of sp³-hybridized carbons (Fsp3) is 0.882. The number of rotatable bonds is 9. The quantitative estimate of drug-likeness (QED) is 0.381. The predicted octanol–water partition coefficient (Wildman–Crippen LogP) is 1.29. The molecular weight excluding hydrogens is 290 g/mol. The summed E-state index contributed by atoms with van der Waals surface area (Å²) in [7, 11) is 2.12. The minimum atomic E-state index is 0.319. The third kappa shape index (κ3) is 8.79. The lowest BCUT2D eigenvalue weighted by Gasteiger charge is -2.20. The standard InChI is InChI=1S/C17H35N5O/c1-4-18-17(20-12-15-21(3)5-2)19-11-9-14-22-13-8-6-7-10-16(22)23/h4-15H2,1-3H3,(H2,18,19,20). The van der Waals surface area contributed by atoms with E-state index in [9.17, 15) is 4.79 Å². The van der Waals surface area contributed by atoms with E-state index in [1.54, 1.807) is 0 Å². The Labute approximate surface area is 141 Å². The molecule has 1 rings (SSSR count). The molecule has 1 heterocycles. The molecule has 0 radical (unpaired) electrons. The van der Waals surface area contributed by atoms with E-state index in [-0.39, 0.29) is 0 Å². The molecule has 0 aliphatic carbocycles. The summed E-state index contributed by atoms with van der Waals surface area (Å²) in [6, 6.07) is 0. The van der Waals surface area contributed by atoms with E-state index in [0.29, 0.717) is 5.91 Å². The van der Waals surface area contributed by atoms with Gasteiger partial charge in [-0.2, -0.15) is 0 Å². The molecule has 0 aromatic carbocycles. The maximum atomic E-state index is 11.9. The molecule has 1 saturated heterocycles. The van der Waals surface area contributed by atoms with Crippen LogP contribution >= 0.6 is 0 Å². The normalized spacial score (nSPS) is 16.6. The van der Waals surface area contributed by atoms with Crippen LogP contribution in [0.1, 0.15) is 46.0 Å². The highest BCUT2D eigenvalue weighted by molar-refractivity contribution is 5.79. The zero-order valence-electron chi connectivity index (χ0n) is 15.2. The first-order valence-electron chi connectivity index (χ1n) is 9.15. The molecule has 1 aliphatic heterocycles. The molecule has 0 unspecified atom stereocenters. The van der Waals surface area contributed by atoms with Gasteiger partial charge >= 0.3 is 0 Å². The number of hydrogen-bond donors (Lipinski definition) is 2. The first-order chi connectivity index (χ1) is 11.2. The molecule has 1 fully saturated rings. The lowest BCUT2D eigenvalue weighted by Crippen LogP contribution is -2.41. The average molecular weight is 326 g/mol. The van der Waals surface area contributed by atoms with Gasteiger partial charge in [0.25, 0.3) is 0 Å². The summed E-state index contributed by atoms with van der Waals surface area (Å²) in [6.07, 6.45) is 5.02. The molecule has 2 N–H and O–H groups in total. The zero-order valence-corrected chi connectivity index (χ0v) is 15.2. The van der Waals surface area contributed by atoms with E-state index in [2.05, 4.69) is 41.4 Å². The Hall–Kier alpha value is -1.30. The highest BCUT2D eigenvalue weighted by atomic mass is 16.2. The van der Waals surface area contributed by atoms with Crippen LogP contribution in [-0.2, 0) is 4.79 Å². The number of likely N-dealkylation sites (tertiary alicyclic amines) is 1. The molecule has 0 bridgehead atoms. The van der Waals surface area contributed by atoms with E-state index in [1.165, 1.54) is 6.42 Å². The van der Waals surface area contributed by atoms with Crippen LogP contribution in [0.25, 0.3) is 0 Å². The van der Waals surface area contributed by atoms with Crippen molar-refractivity contribution in [1.82, 2.24) is 20.4 Å². The highest BCUT2D eigenvalue weighted by Crippen LogP contribution is 2.11. The summed E-state index contributed by atoms with van der Waals surface area (Å²) >= 11 is 0. The van der Waals surface area contributed by atoms with Gasteiger partial charge in [0.05, 0.1) is 0 Å². The third-order valence-electron chi connectivity index (χ3n) is 4.20. The van der Waals surface area contributed by atoms with Crippen LogP contribution in [0.2, 0.25) is 0 Å². The highest BCUT2D eigenvalue weighted by Gasteiger charge is 2.15. The van der Waals surface area contributed by atoms with Gasteiger partial charge in [-0.25, -0.2) is 0 Å². The van der Waals surface area contributed by atoms with Gasteiger partial charge < -0.3 is 20.4 Å². The SMILES string of the molecule is CCNC(=NCCCN1CCCCCC1=O)NCCN(C)CC. The molecule has 1 aliphatic rings. The molecular formula is C17H35N5O. The Kier molecular flexibility index (Phi) is 10.4.